The predicted octanol–water partition coefficient (Wildman–Crippen LogP) is 0.739. The molecule has 0 bridgehead atoms. The lowest BCUT2D eigenvalue weighted by molar-refractivity contribution is -0.568. The van der Waals surface area contributed by atoms with Crippen molar-refractivity contribution < 1.29 is 14.5 Å². The highest BCUT2D eigenvalue weighted by Crippen LogP contribution is 1.99. The van der Waals surface area contributed by atoms with E-state index in [0.717, 1.165) is 0 Å². The summed E-state index contributed by atoms with van der Waals surface area (Å²) in [6, 6.07) is 3.26. The number of nitrogens with zero attached hydrogens (tertiary/aromatic N) is 1. The van der Waals surface area contributed by atoms with Gasteiger partial charge in [-0.25, -0.2) is 0 Å². The Morgan fingerprint density at radius 3 is 3.00 bits per heavy atom. The van der Waals surface area contributed by atoms with Crippen LogP contribution in [-0.4, -0.2) is 10.9 Å². The average molecular weight is 164 g/mol. The van der Waals surface area contributed by atoms with Gasteiger partial charge in [0.05, 0.1) is 0 Å². The van der Waals surface area contributed by atoms with E-state index in [2.05, 4.69) is 0 Å². The van der Waals surface area contributed by atoms with Crippen LogP contribution >= 0.6 is 0 Å². The van der Waals surface area contributed by atoms with Gasteiger partial charge in [0.1, 0.15) is 0 Å². The molecule has 0 fully saturated rings. The molecule has 1 heterocycles. The lowest BCUT2D eigenvalue weighted by Crippen LogP contribution is -2.24. The first-order chi connectivity index (χ1) is 5.68. The number of hydrogen-bond donors (Lipinski definition) is 1. The zero-order chi connectivity index (χ0) is 8.97. The third kappa shape index (κ3) is 2.54. The molecule has 0 aliphatic carbocycles. The lowest BCUT2D eigenvalue weighted by Gasteiger charge is -1.87. The van der Waals surface area contributed by atoms with Gasteiger partial charge in [0.2, 0.25) is 6.20 Å². The van der Waals surface area contributed by atoms with Crippen molar-refractivity contribution in [3.8, 4) is 5.75 Å². The molecule has 3 heteroatoms. The molecule has 3 nitrogen and oxygen atoms in total. The fourth-order valence-corrected chi connectivity index (χ4v) is 0.764. The molecule has 1 aromatic rings. The second-order valence-electron chi connectivity index (χ2n) is 2.44. The summed E-state index contributed by atoms with van der Waals surface area (Å²) in [6.07, 6.45) is 6.26. The molecule has 1 N–H and O–H groups in total. The summed E-state index contributed by atoms with van der Waals surface area (Å²) in [5, 5.41) is 9.04. The Hall–Kier alpha value is -1.64. The number of hydrogen-bond acceptors (Lipinski definition) is 2. The van der Waals surface area contributed by atoms with Crippen molar-refractivity contribution >= 4 is 12.0 Å². The minimum atomic E-state index is -0.0224. The number of carbonyl (C=O) groups excluding carboxylic acids is 1. The van der Waals surface area contributed by atoms with Gasteiger partial charge in [0, 0.05) is 12.1 Å². The first kappa shape index (κ1) is 8.46. The Morgan fingerprint density at radius 1 is 1.67 bits per heavy atom. The van der Waals surface area contributed by atoms with Crippen LogP contribution in [-0.2, 0) is 4.79 Å². The van der Waals surface area contributed by atoms with Gasteiger partial charge in [0.15, 0.2) is 23.9 Å². The average Bonchev–Trinajstić information content (AvgIpc) is 2.01. The van der Waals surface area contributed by atoms with Gasteiger partial charge < -0.3 is 5.11 Å². The number of pyridine rings is 1. The summed E-state index contributed by atoms with van der Waals surface area (Å²) in [4.78, 5) is 10.5. The number of ketones is 1. The molecule has 0 amide bonds. The number of allylic oxidation sites excluding steroid dienone is 1. The van der Waals surface area contributed by atoms with Crippen molar-refractivity contribution in [3.05, 3.63) is 30.6 Å². The monoisotopic (exact) mass is 164 g/mol. The molecule has 0 atom stereocenters. The lowest BCUT2D eigenvalue weighted by atomic mass is 10.4. The van der Waals surface area contributed by atoms with Gasteiger partial charge >= 0.3 is 0 Å². The number of carbonyl (C=O) groups is 1. The van der Waals surface area contributed by atoms with E-state index < -0.39 is 0 Å². The zero-order valence-corrected chi connectivity index (χ0v) is 6.77. The van der Waals surface area contributed by atoms with Gasteiger partial charge in [-0.15, -0.1) is 0 Å². The molecule has 1 aromatic heterocycles. The largest absolute Gasteiger partial charge is 0.503 e. The van der Waals surface area contributed by atoms with E-state index in [1.165, 1.54) is 19.2 Å². The normalized spacial score (nSPS) is 10.4. The van der Waals surface area contributed by atoms with Gasteiger partial charge in [-0.3, -0.25) is 4.79 Å². The Morgan fingerprint density at radius 2 is 2.42 bits per heavy atom. The second-order valence-corrected chi connectivity index (χ2v) is 2.44. The van der Waals surface area contributed by atoms with Crippen LogP contribution in [0, 0.1) is 0 Å². The van der Waals surface area contributed by atoms with Crippen molar-refractivity contribution in [2.75, 3.05) is 0 Å². The van der Waals surface area contributed by atoms with Crippen molar-refractivity contribution in [1.29, 1.82) is 0 Å². The third-order valence-electron chi connectivity index (χ3n) is 1.29. The Balaban J connectivity index is 2.83. The quantitative estimate of drug-likeness (QED) is 0.517. The smallest absolute Gasteiger partial charge is 0.216 e. The molecule has 0 aliphatic heterocycles. The number of rotatable bonds is 2. The van der Waals surface area contributed by atoms with Crippen LogP contribution in [0.15, 0.2) is 30.6 Å². The number of aromatic nitrogens is 1. The minimum Gasteiger partial charge on any atom is -0.503 e. The maximum absolute atomic E-state index is 10.5. The maximum Gasteiger partial charge on any atom is 0.216 e. The van der Waals surface area contributed by atoms with Gasteiger partial charge in [-0.05, 0) is 13.0 Å². The van der Waals surface area contributed by atoms with E-state index in [1.54, 1.807) is 29.1 Å². The van der Waals surface area contributed by atoms with E-state index in [0.29, 0.717) is 0 Å². The first-order valence-corrected chi connectivity index (χ1v) is 3.57. The second kappa shape index (κ2) is 3.67. The van der Waals surface area contributed by atoms with E-state index in [4.69, 9.17) is 5.11 Å². The Bertz CT molecular complexity index is 318. The molecule has 0 saturated heterocycles. The molecule has 0 unspecified atom stereocenters. The fraction of sp³-hybridized carbons (Fsp3) is 0.111. The Kier molecular flexibility index (Phi) is 2.58. The van der Waals surface area contributed by atoms with E-state index in [1.807, 2.05) is 0 Å². The maximum atomic E-state index is 10.5. The molecule has 0 spiro atoms. The molecule has 1 rings (SSSR count). The van der Waals surface area contributed by atoms with Crippen LogP contribution in [0.25, 0.3) is 6.20 Å². The molecule has 62 valence electrons. The highest BCUT2D eigenvalue weighted by Gasteiger charge is 1.96. The van der Waals surface area contributed by atoms with Crippen LogP contribution in [0.1, 0.15) is 6.92 Å². The van der Waals surface area contributed by atoms with Crippen molar-refractivity contribution in [2.24, 2.45) is 0 Å². The van der Waals surface area contributed by atoms with Crippen LogP contribution < -0.4 is 4.57 Å². The Labute approximate surface area is 70.6 Å². The fourth-order valence-electron chi connectivity index (χ4n) is 0.764. The minimum absolute atomic E-state index is 0.0224. The molecule has 0 saturated carbocycles. The standard InChI is InChI=1S/C9H9NO2/c1-8(11)4-6-10-5-2-3-9(12)7-10/h2-7H,1H3/p+1. The first-order valence-electron chi connectivity index (χ1n) is 3.57. The van der Waals surface area contributed by atoms with Crippen LogP contribution in [0.2, 0.25) is 0 Å². The molecular formula is C9H10NO2+. The highest BCUT2D eigenvalue weighted by atomic mass is 16.3. The van der Waals surface area contributed by atoms with E-state index >= 15 is 0 Å². The molecule has 0 aliphatic rings. The SMILES string of the molecule is CC(=O)C=C[n+]1cccc(O)c1. The number of aromatic hydroxyl groups is 1. The van der Waals surface area contributed by atoms with Gasteiger partial charge in [0.25, 0.3) is 0 Å². The van der Waals surface area contributed by atoms with Crippen LogP contribution in [0.3, 0.4) is 0 Å². The predicted molar refractivity (Wildman–Crippen MR) is 44.3 cm³/mol. The van der Waals surface area contributed by atoms with Gasteiger partial charge in [-0.2, -0.15) is 4.57 Å². The van der Waals surface area contributed by atoms with Gasteiger partial charge in [-0.1, -0.05) is 0 Å². The third-order valence-corrected chi connectivity index (χ3v) is 1.29. The summed E-state index contributed by atoms with van der Waals surface area (Å²) in [5.74, 6) is 0.150. The van der Waals surface area contributed by atoms with Crippen molar-refractivity contribution in [1.82, 2.24) is 0 Å². The summed E-state index contributed by atoms with van der Waals surface area (Å²) in [5.41, 5.74) is 0. The van der Waals surface area contributed by atoms with E-state index in [9.17, 15) is 4.79 Å². The van der Waals surface area contributed by atoms with E-state index in [-0.39, 0.29) is 11.5 Å². The molecule has 0 radical (unpaired) electrons. The molecule has 0 aromatic carbocycles. The van der Waals surface area contributed by atoms with Crippen molar-refractivity contribution in [2.45, 2.75) is 6.92 Å². The van der Waals surface area contributed by atoms with Crippen LogP contribution in [0.4, 0.5) is 0 Å². The molecule has 12 heavy (non-hydrogen) atoms. The highest BCUT2D eigenvalue weighted by molar-refractivity contribution is 5.89. The molecular weight excluding hydrogens is 154 g/mol. The topological polar surface area (TPSA) is 41.2 Å². The summed E-state index contributed by atoms with van der Waals surface area (Å²) < 4.78 is 1.61. The zero-order valence-electron chi connectivity index (χ0n) is 6.77. The summed E-state index contributed by atoms with van der Waals surface area (Å²) in [6.45, 7) is 1.47. The van der Waals surface area contributed by atoms with Crippen molar-refractivity contribution in [3.63, 3.8) is 0 Å². The summed E-state index contributed by atoms with van der Waals surface area (Å²) in [7, 11) is 0. The summed E-state index contributed by atoms with van der Waals surface area (Å²) >= 11 is 0. The van der Waals surface area contributed by atoms with Crippen LogP contribution in [0.5, 0.6) is 5.75 Å².